The predicted molar refractivity (Wildman–Crippen MR) is 468 cm³/mol. The van der Waals surface area contributed by atoms with Gasteiger partial charge in [-0.25, -0.2) is 62.2 Å². The van der Waals surface area contributed by atoms with Gasteiger partial charge in [0.05, 0.1) is 38.7 Å². The second kappa shape index (κ2) is 37.6. The number of amides is 7. The van der Waals surface area contributed by atoms with E-state index in [0.29, 0.717) is 99.7 Å². The standard InChI is InChI=1S/C28H28Cl2N6O6S2.C24H23Cl2N5O4S2.C22H18Cl2N4O6S3/c1-31-18-4-7-20-21(14-18)22(26(37)32-8-9-35-10-12-42-13-11-35)16-36(27(20)38)19-5-2-17(3-6-19)33-28(39)34-44(40,41)24-15-23(29)25(30)43-24;1-27-16-6-9-18-19(10-16)14(12-30(2)3)13-31(23(18)32)17-7-4-15(5-8-17)28-24(33)29-37(34,35)21-11-20(25)22(26)36-21;1-25-13-5-8-15-16(9-13)18(36(2,31)32)11-28(21(15)29)14-6-3-12(4-7-14)26-22(30)27-37(33,34)19-10-17(23)20(24)35-19/h2-7,14-16,31H,8-13H2,1H3,(H,32,37)(H2,33,34,39);4-11,13,27H,12H2,1-3H3,(H2,28,29,33);3-11,25H,1-2H3,(H2,26,27,30). The Morgan fingerprint density at radius 3 is 1.14 bits per heavy atom. The number of morpholine rings is 1. The van der Waals surface area contributed by atoms with Crippen molar-refractivity contribution in [1.82, 2.24) is 43.0 Å². The third kappa shape index (κ3) is 21.4. The quantitative estimate of drug-likeness (QED) is 0.0301. The van der Waals surface area contributed by atoms with Crippen molar-refractivity contribution < 1.29 is 57.6 Å². The maximum atomic E-state index is 13.5. The number of thiophene rings is 3. The Bertz CT molecular complexity index is 6530. The van der Waals surface area contributed by atoms with Crippen molar-refractivity contribution >= 4 is 234 Å². The largest absolute Gasteiger partial charge is 0.388 e. The Kier molecular flexibility index (Phi) is 28.4. The van der Waals surface area contributed by atoms with E-state index in [-0.39, 0.29) is 79.4 Å². The summed E-state index contributed by atoms with van der Waals surface area (Å²) in [4.78, 5) is 94.6. The lowest BCUT2D eigenvalue weighted by Crippen LogP contribution is -2.41. The van der Waals surface area contributed by atoms with E-state index in [4.69, 9.17) is 74.3 Å². The molecule has 0 bridgehead atoms. The number of carbonyl (C=O) groups is 4. The van der Waals surface area contributed by atoms with Crippen molar-refractivity contribution in [3.63, 3.8) is 0 Å². The first-order valence-electron chi connectivity index (χ1n) is 34.5. The maximum Gasteiger partial charge on any atom is 0.333 e. The summed E-state index contributed by atoms with van der Waals surface area (Å²) >= 11 is 37.0. The molecule has 0 atom stereocenters. The molecule has 1 fully saturated rings. The zero-order valence-electron chi connectivity index (χ0n) is 62.4. The van der Waals surface area contributed by atoms with Gasteiger partial charge < -0.3 is 46.9 Å². The maximum absolute atomic E-state index is 13.5. The second-order valence-electron chi connectivity index (χ2n) is 25.8. The van der Waals surface area contributed by atoms with E-state index < -0.39 is 63.6 Å². The molecule has 31 nitrogen and oxygen atoms in total. The first kappa shape index (κ1) is 88.9. The molecule has 13 rings (SSSR count). The zero-order chi connectivity index (χ0) is 85.5. The lowest BCUT2D eigenvalue weighted by molar-refractivity contribution is 0.0383. The second-order valence-corrected chi connectivity index (χ2v) is 39.7. The van der Waals surface area contributed by atoms with Gasteiger partial charge in [-0.15, -0.1) is 34.0 Å². The van der Waals surface area contributed by atoms with Gasteiger partial charge in [-0.05, 0) is 171 Å². The molecule has 0 unspecified atom stereocenters. The Hall–Kier alpha value is -9.85. The summed E-state index contributed by atoms with van der Waals surface area (Å²) in [5.74, 6) is -0.324. The topological polar surface area (TPSA) is 407 Å². The fourth-order valence-electron chi connectivity index (χ4n) is 11.8. The fourth-order valence-corrected chi connectivity index (χ4v) is 21.0. The molecule has 0 radical (unpaired) electrons. The van der Waals surface area contributed by atoms with Gasteiger partial charge >= 0.3 is 18.1 Å². The summed E-state index contributed by atoms with van der Waals surface area (Å²) in [6.07, 6.45) is 5.61. The first-order valence-corrected chi connectivity index (χ1v) is 45.6. The van der Waals surface area contributed by atoms with Gasteiger partial charge in [-0.1, -0.05) is 69.6 Å². The number of sulfone groups is 1. The van der Waals surface area contributed by atoms with E-state index in [0.717, 1.165) is 76.5 Å². The molecule has 0 aliphatic carbocycles. The van der Waals surface area contributed by atoms with Crippen LogP contribution in [0.5, 0.6) is 0 Å². The number of nitrogens with zero attached hydrogens (tertiary/aromatic N) is 5. The molecule has 0 spiro atoms. The third-order valence-electron chi connectivity index (χ3n) is 17.5. The number of pyridine rings is 3. The van der Waals surface area contributed by atoms with Crippen molar-refractivity contribution in [1.29, 1.82) is 0 Å². The highest BCUT2D eigenvalue weighted by Gasteiger charge is 2.27. The minimum Gasteiger partial charge on any atom is -0.388 e. The van der Waals surface area contributed by atoms with E-state index >= 15 is 0 Å². The van der Waals surface area contributed by atoms with E-state index in [2.05, 4.69) is 42.1 Å². The van der Waals surface area contributed by atoms with Crippen molar-refractivity contribution in [2.75, 3.05) is 113 Å². The van der Waals surface area contributed by atoms with Crippen molar-refractivity contribution in [2.24, 2.45) is 0 Å². The molecule has 7 heterocycles. The van der Waals surface area contributed by atoms with Crippen LogP contribution in [0.2, 0.25) is 28.1 Å². The highest BCUT2D eigenvalue weighted by molar-refractivity contribution is 7.93. The Balaban J connectivity index is 0.000000175. The Labute approximate surface area is 716 Å². The van der Waals surface area contributed by atoms with Gasteiger partial charge in [0.2, 0.25) is 0 Å². The minimum atomic E-state index is -4.20. The highest BCUT2D eigenvalue weighted by Crippen LogP contribution is 2.37. The lowest BCUT2D eigenvalue weighted by atomic mass is 10.1. The van der Waals surface area contributed by atoms with Gasteiger partial charge in [0.15, 0.2) is 9.84 Å². The van der Waals surface area contributed by atoms with Crippen LogP contribution in [0.1, 0.15) is 15.9 Å². The first-order chi connectivity index (χ1) is 55.8. The van der Waals surface area contributed by atoms with Crippen LogP contribution in [-0.4, -0.2) is 162 Å². The Morgan fingerprint density at radius 2 is 0.780 bits per heavy atom. The molecule has 0 saturated carbocycles. The fraction of sp³-hybridized carbons (Fsp3) is 0.176. The Morgan fingerprint density at radius 1 is 0.441 bits per heavy atom. The highest BCUT2D eigenvalue weighted by atomic mass is 35.5. The van der Waals surface area contributed by atoms with Gasteiger partial charge in [-0.3, -0.25) is 37.8 Å². The van der Waals surface area contributed by atoms with Crippen LogP contribution in [-0.2, 0) is 51.2 Å². The van der Waals surface area contributed by atoms with Crippen LogP contribution in [0.4, 0.5) is 48.5 Å². The molecule has 1 aliphatic heterocycles. The summed E-state index contributed by atoms with van der Waals surface area (Å²) in [5, 5.41) is 22.3. The van der Waals surface area contributed by atoms with Crippen LogP contribution < -0.4 is 68.1 Å². The lowest BCUT2D eigenvalue weighted by Gasteiger charge is -2.26. The molecular formula is C74H69Cl6N15O16S7. The number of hydrogen-bond acceptors (Lipinski definition) is 24. The SMILES string of the molecule is CNc1ccc2c(=O)n(-c3ccc(NC(=O)NS(=O)(=O)c4cc(Cl)c(Cl)s4)cc3)cc(C(=O)NCCN3CCOCC3)c2c1.CNc1ccc2c(=O)n(-c3ccc(NC(=O)NS(=O)(=O)c4cc(Cl)c(Cl)s4)cc3)cc(CN(C)C)c2c1.CNc1ccc2c(=O)n(-c3ccc(NC(=O)NS(=O)(=O)c4cc(Cl)c(Cl)s4)cc3)cc(S(C)(=O)=O)c2c1. The number of carbonyl (C=O) groups excluding carboxylic acids is 4. The number of hydrogen-bond donors (Lipinski definition) is 10. The smallest absolute Gasteiger partial charge is 0.333 e. The number of benzene rings is 6. The van der Waals surface area contributed by atoms with E-state index in [1.807, 2.05) is 58.5 Å². The summed E-state index contributed by atoms with van der Waals surface area (Å²) < 4.78 is 114. The summed E-state index contributed by atoms with van der Waals surface area (Å²) in [7, 11) is -7.07. The average Bonchev–Trinajstić information content (AvgIpc) is 1.25. The number of fused-ring (bicyclic) bond motifs is 3. The summed E-state index contributed by atoms with van der Waals surface area (Å²) in [5.41, 5.74) is 4.79. The third-order valence-corrected chi connectivity index (χ3v) is 29.6. The molecule has 1 aliphatic rings. The number of anilines is 6. The molecule has 10 N–H and O–H groups in total. The minimum absolute atomic E-state index is 0.0280. The average molecular weight is 1860 g/mol. The predicted octanol–water partition coefficient (Wildman–Crippen LogP) is 13.3. The number of halogens is 6. The van der Waals surface area contributed by atoms with Gasteiger partial charge in [0, 0.05) is 157 Å². The number of sulfonamides is 3. The molecule has 6 aromatic carbocycles. The summed E-state index contributed by atoms with van der Waals surface area (Å²) in [6, 6.07) is 34.5. The molecule has 118 heavy (non-hydrogen) atoms. The normalized spacial score (nSPS) is 12.6. The van der Waals surface area contributed by atoms with Crippen molar-refractivity contribution in [2.45, 2.75) is 24.1 Å². The molecular weight excluding hydrogens is 1790 g/mol. The van der Waals surface area contributed by atoms with Crippen molar-refractivity contribution in [3.05, 3.63) is 234 Å². The number of rotatable bonds is 22. The van der Waals surface area contributed by atoms with Crippen molar-refractivity contribution in [3.8, 4) is 17.1 Å². The molecule has 12 aromatic rings. The van der Waals surface area contributed by atoms with Crippen LogP contribution >= 0.6 is 104 Å². The van der Waals surface area contributed by atoms with Crippen LogP contribution in [0, 0.1) is 0 Å². The van der Waals surface area contributed by atoms with Crippen LogP contribution in [0.15, 0.2) is 196 Å². The molecule has 6 aromatic heterocycles. The summed E-state index contributed by atoms with van der Waals surface area (Å²) in [6.45, 7) is 4.65. The van der Waals surface area contributed by atoms with E-state index in [9.17, 15) is 67.2 Å². The molecule has 44 heteroatoms. The van der Waals surface area contributed by atoms with Gasteiger partial charge in [0.25, 0.3) is 52.7 Å². The molecule has 1 saturated heterocycles. The zero-order valence-corrected chi connectivity index (χ0v) is 72.7. The number of ether oxygens (including phenoxy) is 1. The molecule has 620 valence electrons. The number of aromatic nitrogens is 3. The van der Waals surface area contributed by atoms with Crippen LogP contribution in [0.3, 0.4) is 0 Å². The van der Waals surface area contributed by atoms with E-state index in [1.54, 1.807) is 97.5 Å². The van der Waals surface area contributed by atoms with E-state index in [1.165, 1.54) is 64.0 Å². The van der Waals surface area contributed by atoms with Crippen LogP contribution in [0.25, 0.3) is 49.4 Å². The number of urea groups is 3. The van der Waals surface area contributed by atoms with Gasteiger partial charge in [0.1, 0.15) is 25.6 Å². The number of nitrogens with one attached hydrogen (secondary N) is 10. The van der Waals surface area contributed by atoms with Gasteiger partial charge in [-0.2, -0.15) is 0 Å². The molecule has 7 amide bonds. The monoisotopic (exact) mass is 1860 g/mol.